The zero-order valence-electron chi connectivity index (χ0n) is 21.3. The van der Waals surface area contributed by atoms with Crippen molar-refractivity contribution < 1.29 is 14.3 Å². The summed E-state index contributed by atoms with van der Waals surface area (Å²) in [6.45, 7) is 7.68. The van der Waals surface area contributed by atoms with Crippen molar-refractivity contribution in [2.75, 3.05) is 13.2 Å². The number of aromatic nitrogens is 2. The zero-order valence-corrected chi connectivity index (χ0v) is 21.3. The number of carbonyl (C=O) groups excluding carboxylic acids is 1. The second kappa shape index (κ2) is 12.2. The molecule has 4 rings (SSSR count). The lowest BCUT2D eigenvalue weighted by Gasteiger charge is -2.17. The van der Waals surface area contributed by atoms with Gasteiger partial charge in [0.2, 0.25) is 0 Å². The van der Waals surface area contributed by atoms with Crippen LogP contribution in [0.1, 0.15) is 57.0 Å². The first kappa shape index (κ1) is 25.3. The number of hydrogen-bond donors (Lipinski definition) is 1. The van der Waals surface area contributed by atoms with Crippen LogP contribution in [0.3, 0.4) is 0 Å². The van der Waals surface area contributed by atoms with Gasteiger partial charge in [-0.2, -0.15) is 0 Å². The van der Waals surface area contributed by atoms with E-state index in [1.54, 1.807) is 0 Å². The predicted molar refractivity (Wildman–Crippen MR) is 143 cm³/mol. The van der Waals surface area contributed by atoms with Crippen LogP contribution < -0.4 is 14.8 Å². The monoisotopic (exact) mass is 485 g/mol. The molecule has 1 N–H and O–H groups in total. The van der Waals surface area contributed by atoms with Gasteiger partial charge in [0.25, 0.3) is 5.91 Å². The summed E-state index contributed by atoms with van der Waals surface area (Å²) in [5.41, 5.74) is 3.30. The molecule has 2 atom stereocenters. The van der Waals surface area contributed by atoms with E-state index >= 15 is 0 Å². The van der Waals surface area contributed by atoms with Crippen LogP contribution >= 0.6 is 0 Å². The summed E-state index contributed by atoms with van der Waals surface area (Å²) in [7, 11) is 0. The van der Waals surface area contributed by atoms with Gasteiger partial charge in [0.05, 0.1) is 23.7 Å². The van der Waals surface area contributed by atoms with Gasteiger partial charge in [0, 0.05) is 6.54 Å². The van der Waals surface area contributed by atoms with Crippen LogP contribution in [-0.2, 0) is 11.3 Å². The number of hydrogen-bond acceptors (Lipinski definition) is 4. The number of carbonyl (C=O) groups is 1. The van der Waals surface area contributed by atoms with E-state index in [1.165, 1.54) is 5.56 Å². The third-order valence-corrected chi connectivity index (χ3v) is 6.42. The Hall–Kier alpha value is -3.80. The highest BCUT2D eigenvalue weighted by Crippen LogP contribution is 2.23. The summed E-state index contributed by atoms with van der Waals surface area (Å²) >= 11 is 0. The highest BCUT2D eigenvalue weighted by molar-refractivity contribution is 5.79. The van der Waals surface area contributed by atoms with Gasteiger partial charge >= 0.3 is 0 Å². The maximum Gasteiger partial charge on any atom is 0.258 e. The smallest absolute Gasteiger partial charge is 0.258 e. The summed E-state index contributed by atoms with van der Waals surface area (Å²) in [4.78, 5) is 17.4. The molecule has 6 heteroatoms. The molecule has 4 aromatic rings. The van der Waals surface area contributed by atoms with E-state index in [-0.39, 0.29) is 18.6 Å². The van der Waals surface area contributed by atoms with E-state index < -0.39 is 0 Å². The van der Waals surface area contributed by atoms with E-state index in [2.05, 4.69) is 54.1 Å². The van der Waals surface area contributed by atoms with Crippen LogP contribution in [0.4, 0.5) is 0 Å². The molecule has 6 nitrogen and oxygen atoms in total. The summed E-state index contributed by atoms with van der Waals surface area (Å²) in [6, 6.07) is 25.5. The number of ether oxygens (including phenoxy) is 2. The maximum absolute atomic E-state index is 12.5. The molecule has 0 spiro atoms. The van der Waals surface area contributed by atoms with Gasteiger partial charge in [0.15, 0.2) is 6.61 Å². The Labute approximate surface area is 213 Å². The van der Waals surface area contributed by atoms with Gasteiger partial charge < -0.3 is 19.4 Å². The van der Waals surface area contributed by atoms with E-state index in [1.807, 2.05) is 55.5 Å². The minimum Gasteiger partial charge on any atom is -0.494 e. The molecule has 0 aliphatic heterocycles. The van der Waals surface area contributed by atoms with Crippen molar-refractivity contribution in [3.05, 3.63) is 90.3 Å². The predicted octanol–water partition coefficient (Wildman–Crippen LogP) is 6.28. The molecule has 1 amide bonds. The minimum absolute atomic E-state index is 0.0434. The fourth-order valence-corrected chi connectivity index (χ4v) is 4.21. The molecule has 2 unspecified atom stereocenters. The first-order valence-corrected chi connectivity index (χ1v) is 12.7. The van der Waals surface area contributed by atoms with Crippen LogP contribution in [0, 0.1) is 0 Å². The van der Waals surface area contributed by atoms with E-state index in [0.717, 1.165) is 42.0 Å². The lowest BCUT2D eigenvalue weighted by molar-refractivity contribution is -0.123. The number of nitrogens with zero attached hydrogens (tertiary/aromatic N) is 2. The Kier molecular flexibility index (Phi) is 8.61. The molecular weight excluding hydrogens is 450 g/mol. The zero-order chi connectivity index (χ0) is 25.3. The van der Waals surface area contributed by atoms with Crippen LogP contribution in [0.25, 0.3) is 11.0 Å². The second-order valence-electron chi connectivity index (χ2n) is 9.08. The minimum atomic E-state index is -0.265. The molecular formula is C30H35N3O3. The lowest BCUT2D eigenvalue weighted by Crippen LogP contribution is -2.32. The van der Waals surface area contributed by atoms with Crippen LogP contribution in [0.15, 0.2) is 78.9 Å². The van der Waals surface area contributed by atoms with Gasteiger partial charge in [-0.05, 0) is 67.6 Å². The molecule has 1 aromatic heterocycles. The first-order valence-electron chi connectivity index (χ1n) is 12.7. The first-order chi connectivity index (χ1) is 17.5. The van der Waals surface area contributed by atoms with Gasteiger partial charge in [-0.3, -0.25) is 4.79 Å². The number of aryl methyl sites for hydroxylation is 1. The maximum atomic E-state index is 12.5. The molecule has 0 aliphatic rings. The van der Waals surface area contributed by atoms with Crippen LogP contribution in [0.2, 0.25) is 0 Å². The third kappa shape index (κ3) is 6.45. The number of imidazole rings is 1. The van der Waals surface area contributed by atoms with E-state index in [9.17, 15) is 4.79 Å². The number of amides is 1. The fourth-order valence-electron chi connectivity index (χ4n) is 4.21. The largest absolute Gasteiger partial charge is 0.494 e. The third-order valence-electron chi connectivity index (χ3n) is 6.42. The molecule has 36 heavy (non-hydrogen) atoms. The Morgan fingerprint density at radius 1 is 0.917 bits per heavy atom. The van der Waals surface area contributed by atoms with Crippen molar-refractivity contribution in [3.8, 4) is 11.5 Å². The van der Waals surface area contributed by atoms with Crippen molar-refractivity contribution in [2.24, 2.45) is 0 Å². The average molecular weight is 486 g/mol. The molecule has 0 radical (unpaired) electrons. The molecule has 188 valence electrons. The fraction of sp³-hybridized carbons (Fsp3) is 0.333. The number of para-hydroxylation sites is 3. The molecule has 0 bridgehead atoms. The summed E-state index contributed by atoms with van der Waals surface area (Å²) in [5, 5.41) is 3.02. The van der Waals surface area contributed by atoms with Crippen molar-refractivity contribution in [2.45, 2.75) is 52.1 Å². The lowest BCUT2D eigenvalue weighted by atomic mass is 9.99. The van der Waals surface area contributed by atoms with Crippen molar-refractivity contribution in [1.82, 2.24) is 14.9 Å². The molecule has 1 heterocycles. The van der Waals surface area contributed by atoms with Gasteiger partial charge in [-0.1, -0.05) is 56.3 Å². The number of fused-ring (bicyclic) bond motifs is 1. The Balaban J connectivity index is 1.36. The number of nitrogens with one attached hydrogen (secondary N) is 1. The van der Waals surface area contributed by atoms with Gasteiger partial charge in [-0.25, -0.2) is 4.98 Å². The van der Waals surface area contributed by atoms with Crippen molar-refractivity contribution in [3.63, 3.8) is 0 Å². The average Bonchev–Trinajstić information content (AvgIpc) is 3.29. The standard InChI is InChI=1S/C30H35N3O3/c1-4-22(2)24-15-17-26(18-16-24)35-20-10-19-33-28-14-9-8-13-27(28)32-30(33)23(3)31-29(34)21-36-25-11-6-5-7-12-25/h5-9,11-18,22-23H,4,10,19-21H2,1-3H3,(H,31,34). The summed E-state index contributed by atoms with van der Waals surface area (Å²) in [6.07, 6.45) is 1.94. The van der Waals surface area contributed by atoms with Gasteiger partial charge in [-0.15, -0.1) is 0 Å². The molecule has 3 aromatic carbocycles. The quantitative estimate of drug-likeness (QED) is 0.240. The normalized spacial score (nSPS) is 12.8. The Morgan fingerprint density at radius 2 is 1.61 bits per heavy atom. The van der Waals surface area contributed by atoms with Gasteiger partial charge in [0.1, 0.15) is 17.3 Å². The SMILES string of the molecule is CCC(C)c1ccc(OCCCn2c(C(C)NC(=O)COc3ccccc3)nc3ccccc32)cc1. The molecule has 0 fully saturated rings. The highest BCUT2D eigenvalue weighted by atomic mass is 16.5. The topological polar surface area (TPSA) is 65.4 Å². The highest BCUT2D eigenvalue weighted by Gasteiger charge is 2.18. The second-order valence-corrected chi connectivity index (χ2v) is 9.08. The van der Waals surface area contributed by atoms with Crippen LogP contribution in [0.5, 0.6) is 11.5 Å². The Bertz CT molecular complexity index is 1250. The Morgan fingerprint density at radius 3 is 2.36 bits per heavy atom. The van der Waals surface area contributed by atoms with Crippen molar-refractivity contribution >= 4 is 16.9 Å². The summed E-state index contributed by atoms with van der Waals surface area (Å²) in [5.74, 6) is 2.74. The molecule has 0 saturated heterocycles. The van der Waals surface area contributed by atoms with Crippen LogP contribution in [-0.4, -0.2) is 28.7 Å². The number of rotatable bonds is 12. The number of benzene rings is 3. The van der Waals surface area contributed by atoms with Crippen molar-refractivity contribution in [1.29, 1.82) is 0 Å². The van der Waals surface area contributed by atoms with E-state index in [0.29, 0.717) is 18.3 Å². The molecule has 0 saturated carbocycles. The molecule has 0 aliphatic carbocycles. The van der Waals surface area contributed by atoms with E-state index in [4.69, 9.17) is 14.5 Å². The summed E-state index contributed by atoms with van der Waals surface area (Å²) < 4.78 is 13.8.